The minimum absolute atomic E-state index is 0.704. The predicted molar refractivity (Wildman–Crippen MR) is 51.6 cm³/mol. The lowest BCUT2D eigenvalue weighted by Gasteiger charge is -2.07. The van der Waals surface area contributed by atoms with E-state index < -0.39 is 0 Å². The number of hydrogen-bond acceptors (Lipinski definition) is 0. The fraction of sp³-hybridized carbons (Fsp3) is 0.727. The Morgan fingerprint density at radius 1 is 1.27 bits per heavy atom. The van der Waals surface area contributed by atoms with Crippen molar-refractivity contribution < 1.29 is 0 Å². The third-order valence-electron chi connectivity index (χ3n) is 1.91. The lowest BCUT2D eigenvalue weighted by Crippen LogP contribution is -1.93. The van der Waals surface area contributed by atoms with Crippen LogP contribution in [0.1, 0.15) is 47.5 Å². The van der Waals surface area contributed by atoms with E-state index in [1.54, 1.807) is 0 Å². The molecule has 0 aliphatic carbocycles. The van der Waals surface area contributed by atoms with E-state index >= 15 is 0 Å². The molecule has 0 aromatic heterocycles. The largest absolute Gasteiger partial charge is 0.123 e. The van der Waals surface area contributed by atoms with E-state index in [4.69, 9.17) is 0 Å². The molecule has 0 spiro atoms. The number of rotatable bonds is 3. The van der Waals surface area contributed by atoms with E-state index in [0.29, 0.717) is 5.92 Å². The van der Waals surface area contributed by atoms with Gasteiger partial charge in [-0.15, -0.1) is 5.73 Å². The quantitative estimate of drug-likeness (QED) is 0.537. The molecule has 64 valence electrons. The molecule has 0 aromatic carbocycles. The maximum atomic E-state index is 3.36. The summed E-state index contributed by atoms with van der Waals surface area (Å²) in [5, 5.41) is 0. The molecule has 11 heavy (non-hydrogen) atoms. The maximum absolute atomic E-state index is 3.36. The molecule has 0 heteroatoms. The zero-order chi connectivity index (χ0) is 8.85. The molecule has 1 atom stereocenters. The highest BCUT2D eigenvalue weighted by molar-refractivity contribution is 5.06. The van der Waals surface area contributed by atoms with Gasteiger partial charge in [-0.3, -0.25) is 0 Å². The Hall–Kier alpha value is -0.480. The summed E-state index contributed by atoms with van der Waals surface area (Å²) in [4.78, 5) is 0. The highest BCUT2D eigenvalue weighted by Gasteiger charge is 2.00. The summed E-state index contributed by atoms with van der Waals surface area (Å²) in [6.45, 7) is 10.9. The molecule has 0 bridgehead atoms. The molecule has 0 aliphatic heterocycles. The Morgan fingerprint density at radius 2 is 1.82 bits per heavy atom. The van der Waals surface area contributed by atoms with Gasteiger partial charge in [-0.25, -0.2) is 0 Å². The third-order valence-corrected chi connectivity index (χ3v) is 1.91. The Morgan fingerprint density at radius 3 is 2.18 bits per heavy atom. The van der Waals surface area contributed by atoms with Crippen LogP contribution in [0, 0.1) is 5.92 Å². The summed E-state index contributed by atoms with van der Waals surface area (Å²) in [6, 6.07) is 0. The molecule has 0 saturated heterocycles. The number of allylic oxidation sites excluding steroid dienone is 1. The normalized spacial score (nSPS) is 12.1. The molecular formula is C11H20. The Bertz CT molecular complexity index is 164. The van der Waals surface area contributed by atoms with Crippen LogP contribution in [0.3, 0.4) is 0 Å². The van der Waals surface area contributed by atoms with Crippen LogP contribution in [-0.2, 0) is 0 Å². The van der Waals surface area contributed by atoms with Crippen molar-refractivity contribution in [3.05, 3.63) is 16.9 Å². The minimum atomic E-state index is 0.704. The van der Waals surface area contributed by atoms with Gasteiger partial charge in [0.25, 0.3) is 0 Å². The van der Waals surface area contributed by atoms with Crippen LogP contribution >= 0.6 is 0 Å². The standard InChI is InChI=1S/C11H20/c1-6-7-10(4)11(5)8-9(2)3/h10H,6-7H2,1-5H3. The Kier molecular flexibility index (Phi) is 4.98. The molecule has 0 fully saturated rings. The summed E-state index contributed by atoms with van der Waals surface area (Å²) in [7, 11) is 0. The molecular weight excluding hydrogens is 132 g/mol. The van der Waals surface area contributed by atoms with Crippen molar-refractivity contribution in [3.8, 4) is 0 Å². The van der Waals surface area contributed by atoms with Gasteiger partial charge in [0.1, 0.15) is 0 Å². The van der Waals surface area contributed by atoms with Gasteiger partial charge in [0, 0.05) is 0 Å². The summed E-state index contributed by atoms with van der Waals surface area (Å²) in [5.74, 6) is 0.704. The maximum Gasteiger partial charge on any atom is -0.0158 e. The molecule has 0 rings (SSSR count). The van der Waals surface area contributed by atoms with Gasteiger partial charge in [0.05, 0.1) is 0 Å². The predicted octanol–water partition coefficient (Wildman–Crippen LogP) is 3.93. The molecule has 0 radical (unpaired) electrons. The van der Waals surface area contributed by atoms with Crippen molar-refractivity contribution in [3.63, 3.8) is 0 Å². The average molecular weight is 152 g/mol. The highest BCUT2D eigenvalue weighted by atomic mass is 14.0. The first kappa shape index (κ1) is 10.5. The minimum Gasteiger partial charge on any atom is -0.123 e. The van der Waals surface area contributed by atoms with E-state index in [0.717, 1.165) is 0 Å². The fourth-order valence-electron chi connectivity index (χ4n) is 1.17. The van der Waals surface area contributed by atoms with Crippen molar-refractivity contribution in [2.45, 2.75) is 47.5 Å². The average Bonchev–Trinajstić information content (AvgIpc) is 1.86. The first-order chi connectivity index (χ1) is 5.07. The van der Waals surface area contributed by atoms with Gasteiger partial charge >= 0.3 is 0 Å². The lowest BCUT2D eigenvalue weighted by molar-refractivity contribution is 0.602. The first-order valence-corrected chi connectivity index (χ1v) is 4.48. The second-order valence-corrected chi connectivity index (χ2v) is 3.50. The topological polar surface area (TPSA) is 0 Å². The molecule has 0 aromatic rings. The van der Waals surface area contributed by atoms with E-state index in [-0.39, 0.29) is 0 Å². The van der Waals surface area contributed by atoms with Gasteiger partial charge in [0.2, 0.25) is 0 Å². The van der Waals surface area contributed by atoms with E-state index in [1.165, 1.54) is 24.0 Å². The molecule has 0 amide bonds. The second kappa shape index (κ2) is 5.21. The van der Waals surface area contributed by atoms with Crippen molar-refractivity contribution in [2.75, 3.05) is 0 Å². The summed E-state index contributed by atoms with van der Waals surface area (Å²) >= 11 is 0. The van der Waals surface area contributed by atoms with Crippen LogP contribution in [0.4, 0.5) is 0 Å². The van der Waals surface area contributed by atoms with Crippen molar-refractivity contribution in [1.29, 1.82) is 0 Å². The van der Waals surface area contributed by atoms with Crippen LogP contribution in [0.25, 0.3) is 0 Å². The highest BCUT2D eigenvalue weighted by Crippen LogP contribution is 2.14. The Balaban J connectivity index is 4.23. The summed E-state index contributed by atoms with van der Waals surface area (Å²) in [6.07, 6.45) is 2.55. The van der Waals surface area contributed by atoms with Gasteiger partial charge in [-0.05, 0) is 44.3 Å². The van der Waals surface area contributed by atoms with Gasteiger partial charge in [0.15, 0.2) is 0 Å². The smallest absolute Gasteiger partial charge is 0.0158 e. The molecule has 0 heterocycles. The van der Waals surface area contributed by atoms with E-state index in [2.05, 4.69) is 40.3 Å². The molecule has 0 aliphatic rings. The zero-order valence-corrected chi connectivity index (χ0v) is 8.49. The van der Waals surface area contributed by atoms with Crippen LogP contribution in [0.5, 0.6) is 0 Å². The van der Waals surface area contributed by atoms with Crippen molar-refractivity contribution in [1.82, 2.24) is 0 Å². The second-order valence-electron chi connectivity index (χ2n) is 3.50. The van der Waals surface area contributed by atoms with Crippen LogP contribution < -0.4 is 0 Å². The van der Waals surface area contributed by atoms with Gasteiger partial charge in [-0.1, -0.05) is 20.3 Å². The molecule has 0 saturated carbocycles. The van der Waals surface area contributed by atoms with Gasteiger partial charge < -0.3 is 0 Å². The summed E-state index contributed by atoms with van der Waals surface area (Å²) in [5.41, 5.74) is 6.04. The van der Waals surface area contributed by atoms with Crippen LogP contribution in [-0.4, -0.2) is 0 Å². The van der Waals surface area contributed by atoms with Crippen molar-refractivity contribution >= 4 is 0 Å². The number of hydrogen-bond donors (Lipinski definition) is 0. The monoisotopic (exact) mass is 152 g/mol. The van der Waals surface area contributed by atoms with Crippen LogP contribution in [0.15, 0.2) is 16.9 Å². The SMILES string of the molecule is CCCC(C)C(C)=C=C(C)C. The molecule has 1 unspecified atom stereocenters. The Labute approximate surface area is 71.0 Å². The zero-order valence-electron chi connectivity index (χ0n) is 8.49. The molecule has 0 nitrogen and oxygen atoms in total. The van der Waals surface area contributed by atoms with E-state index in [1.807, 2.05) is 0 Å². The van der Waals surface area contributed by atoms with Crippen LogP contribution in [0.2, 0.25) is 0 Å². The molecule has 0 N–H and O–H groups in total. The van der Waals surface area contributed by atoms with Crippen molar-refractivity contribution in [2.24, 2.45) is 5.92 Å². The fourth-order valence-corrected chi connectivity index (χ4v) is 1.17. The van der Waals surface area contributed by atoms with E-state index in [9.17, 15) is 0 Å². The first-order valence-electron chi connectivity index (χ1n) is 4.48. The third kappa shape index (κ3) is 4.86. The lowest BCUT2D eigenvalue weighted by atomic mass is 9.98. The summed E-state index contributed by atoms with van der Waals surface area (Å²) < 4.78 is 0. The van der Waals surface area contributed by atoms with Gasteiger partial charge in [-0.2, -0.15) is 0 Å².